The van der Waals surface area contributed by atoms with E-state index in [1.807, 2.05) is 0 Å². The Hall–Kier alpha value is -1.04. The van der Waals surface area contributed by atoms with E-state index in [4.69, 9.17) is 12.2 Å². The van der Waals surface area contributed by atoms with Crippen molar-refractivity contribution >= 4 is 23.4 Å². The Kier molecular flexibility index (Phi) is 3.75. The van der Waals surface area contributed by atoms with Gasteiger partial charge in [-0.25, -0.2) is 10.2 Å². The number of carbonyl (C=O) groups excluding carboxylic acids is 1. The van der Waals surface area contributed by atoms with Crippen LogP contribution in [-0.2, 0) is 4.74 Å². The fraction of sp³-hybridized carbons (Fsp3) is 0.714. The van der Waals surface area contributed by atoms with Gasteiger partial charge in [-0.3, -0.25) is 5.43 Å². The third kappa shape index (κ3) is 3.45. The highest BCUT2D eigenvalue weighted by Gasteiger charge is 2.17. The zero-order chi connectivity index (χ0) is 9.68. The Morgan fingerprint density at radius 1 is 1.46 bits per heavy atom. The van der Waals surface area contributed by atoms with Crippen molar-refractivity contribution in [2.24, 2.45) is 0 Å². The van der Waals surface area contributed by atoms with Crippen molar-refractivity contribution in [3.8, 4) is 0 Å². The predicted octanol–water partition coefficient (Wildman–Crippen LogP) is 0.274. The molecule has 13 heavy (non-hydrogen) atoms. The minimum absolute atomic E-state index is 0.426. The number of rotatable bonds is 1. The predicted molar refractivity (Wildman–Crippen MR) is 52.0 cm³/mol. The van der Waals surface area contributed by atoms with Gasteiger partial charge in [0, 0.05) is 6.04 Å². The maximum Gasteiger partial charge on any atom is 0.425 e. The lowest BCUT2D eigenvalue weighted by molar-refractivity contribution is 0.168. The van der Waals surface area contributed by atoms with Crippen molar-refractivity contribution in [3.05, 3.63) is 0 Å². The van der Waals surface area contributed by atoms with Gasteiger partial charge in [0.2, 0.25) is 0 Å². The molecule has 74 valence electrons. The van der Waals surface area contributed by atoms with Gasteiger partial charge in [-0.05, 0) is 31.5 Å². The first-order valence-electron chi connectivity index (χ1n) is 4.13. The van der Waals surface area contributed by atoms with Crippen LogP contribution >= 0.6 is 12.2 Å². The summed E-state index contributed by atoms with van der Waals surface area (Å²) in [5.74, 6) is 0. The van der Waals surface area contributed by atoms with Gasteiger partial charge in [0.15, 0.2) is 5.11 Å². The average Bonchev–Trinajstić information content (AvgIpc) is 2.07. The molecule has 0 unspecified atom stereocenters. The summed E-state index contributed by atoms with van der Waals surface area (Å²) in [5.41, 5.74) is 4.80. The lowest BCUT2D eigenvalue weighted by Gasteiger charge is -2.27. The minimum Gasteiger partial charge on any atom is -0.452 e. The molecule has 0 saturated heterocycles. The van der Waals surface area contributed by atoms with E-state index in [2.05, 4.69) is 20.9 Å². The van der Waals surface area contributed by atoms with E-state index < -0.39 is 6.09 Å². The minimum atomic E-state index is -0.558. The molecule has 0 aromatic carbocycles. The Labute approximate surface area is 82.2 Å². The summed E-state index contributed by atoms with van der Waals surface area (Å²) in [5, 5.41) is 3.47. The van der Waals surface area contributed by atoms with E-state index in [1.54, 1.807) is 0 Å². The van der Waals surface area contributed by atoms with Crippen LogP contribution in [0.5, 0.6) is 0 Å². The molecule has 1 fully saturated rings. The van der Waals surface area contributed by atoms with Crippen LogP contribution in [0, 0.1) is 0 Å². The van der Waals surface area contributed by atoms with Gasteiger partial charge < -0.3 is 10.1 Å². The Morgan fingerprint density at radius 2 is 2.15 bits per heavy atom. The molecule has 6 heteroatoms. The van der Waals surface area contributed by atoms with Crippen molar-refractivity contribution in [2.45, 2.75) is 25.3 Å². The van der Waals surface area contributed by atoms with Gasteiger partial charge in [0.05, 0.1) is 7.11 Å². The second-order valence-electron chi connectivity index (χ2n) is 2.84. The Balaban J connectivity index is 2.06. The number of hydrogen-bond donors (Lipinski definition) is 3. The molecule has 1 saturated carbocycles. The van der Waals surface area contributed by atoms with E-state index in [-0.39, 0.29) is 0 Å². The molecule has 0 aromatic heterocycles. The maximum atomic E-state index is 10.6. The van der Waals surface area contributed by atoms with E-state index in [9.17, 15) is 4.79 Å². The molecule has 3 N–H and O–H groups in total. The third-order valence-corrected chi connectivity index (χ3v) is 2.12. The van der Waals surface area contributed by atoms with E-state index in [1.165, 1.54) is 13.5 Å². The van der Waals surface area contributed by atoms with Crippen LogP contribution in [0.2, 0.25) is 0 Å². The first kappa shape index (κ1) is 10.0. The smallest absolute Gasteiger partial charge is 0.425 e. The van der Waals surface area contributed by atoms with Crippen LogP contribution in [0.3, 0.4) is 0 Å². The molecule has 0 spiro atoms. The molecule has 0 aromatic rings. The zero-order valence-corrected chi connectivity index (χ0v) is 8.24. The lowest BCUT2D eigenvalue weighted by atomic mass is 9.93. The fourth-order valence-electron chi connectivity index (χ4n) is 0.933. The zero-order valence-electron chi connectivity index (χ0n) is 7.42. The van der Waals surface area contributed by atoms with Crippen molar-refractivity contribution < 1.29 is 9.53 Å². The molecule has 5 nitrogen and oxygen atoms in total. The SMILES string of the molecule is COC(=O)NNC(=S)NC1CCC1. The highest BCUT2D eigenvalue weighted by molar-refractivity contribution is 7.80. The maximum absolute atomic E-state index is 10.6. The number of hydrazine groups is 1. The van der Waals surface area contributed by atoms with Gasteiger partial charge in [-0.1, -0.05) is 0 Å². The number of ether oxygens (including phenoxy) is 1. The number of methoxy groups -OCH3 is 1. The van der Waals surface area contributed by atoms with Crippen LogP contribution < -0.4 is 16.2 Å². The molecule has 0 aliphatic heterocycles. The topological polar surface area (TPSA) is 62.4 Å². The van der Waals surface area contributed by atoms with Crippen LogP contribution in [0.4, 0.5) is 4.79 Å². The fourth-order valence-corrected chi connectivity index (χ4v) is 1.15. The first-order chi connectivity index (χ1) is 6.22. The second-order valence-corrected chi connectivity index (χ2v) is 3.25. The lowest BCUT2D eigenvalue weighted by Crippen LogP contribution is -2.51. The van der Waals surface area contributed by atoms with Crippen LogP contribution in [0.15, 0.2) is 0 Å². The first-order valence-corrected chi connectivity index (χ1v) is 4.53. The average molecular weight is 203 g/mol. The van der Waals surface area contributed by atoms with Crippen LogP contribution in [0.25, 0.3) is 0 Å². The number of carbonyl (C=O) groups is 1. The molecule has 0 radical (unpaired) electrons. The Morgan fingerprint density at radius 3 is 2.62 bits per heavy atom. The summed E-state index contributed by atoms with van der Waals surface area (Å²) in [4.78, 5) is 10.6. The molecule has 0 heterocycles. The Bertz CT molecular complexity index is 206. The molecule has 0 bridgehead atoms. The quantitative estimate of drug-likeness (QED) is 0.422. The third-order valence-electron chi connectivity index (χ3n) is 1.90. The summed E-state index contributed by atoms with van der Waals surface area (Å²) in [7, 11) is 1.29. The highest BCUT2D eigenvalue weighted by atomic mass is 32.1. The number of nitrogens with one attached hydrogen (secondary N) is 3. The molecule has 1 amide bonds. The van der Waals surface area contributed by atoms with E-state index in [0.717, 1.165) is 12.8 Å². The van der Waals surface area contributed by atoms with Crippen LogP contribution in [-0.4, -0.2) is 24.4 Å². The van der Waals surface area contributed by atoms with E-state index in [0.29, 0.717) is 11.2 Å². The summed E-state index contributed by atoms with van der Waals surface area (Å²) in [6.45, 7) is 0. The highest BCUT2D eigenvalue weighted by Crippen LogP contribution is 2.17. The van der Waals surface area contributed by atoms with Gasteiger partial charge in [-0.15, -0.1) is 0 Å². The molecule has 1 rings (SSSR count). The van der Waals surface area contributed by atoms with Gasteiger partial charge in [0.1, 0.15) is 0 Å². The van der Waals surface area contributed by atoms with Crippen LogP contribution in [0.1, 0.15) is 19.3 Å². The molecule has 1 aliphatic rings. The standard InChI is InChI=1S/C7H13N3O2S/c1-12-7(11)10-9-6(13)8-5-3-2-4-5/h5H,2-4H2,1H3,(H,10,11)(H2,8,9,13). The van der Waals surface area contributed by atoms with Gasteiger partial charge in [0.25, 0.3) is 0 Å². The van der Waals surface area contributed by atoms with Gasteiger partial charge >= 0.3 is 6.09 Å². The molecule has 1 aliphatic carbocycles. The molecular weight excluding hydrogens is 190 g/mol. The van der Waals surface area contributed by atoms with E-state index >= 15 is 0 Å². The number of hydrogen-bond acceptors (Lipinski definition) is 3. The van der Waals surface area contributed by atoms with Crippen molar-refractivity contribution in [3.63, 3.8) is 0 Å². The largest absolute Gasteiger partial charge is 0.452 e. The molecule has 0 atom stereocenters. The summed E-state index contributed by atoms with van der Waals surface area (Å²) in [6.07, 6.45) is 2.96. The monoisotopic (exact) mass is 203 g/mol. The van der Waals surface area contributed by atoms with Crippen molar-refractivity contribution in [2.75, 3.05) is 7.11 Å². The summed E-state index contributed by atoms with van der Waals surface area (Å²) >= 11 is 4.90. The molecular formula is C7H13N3O2S. The van der Waals surface area contributed by atoms with Crippen molar-refractivity contribution in [1.29, 1.82) is 0 Å². The summed E-state index contributed by atoms with van der Waals surface area (Å²) in [6, 6.07) is 0.458. The normalized spacial score (nSPS) is 15.5. The number of amides is 1. The van der Waals surface area contributed by atoms with Gasteiger partial charge in [-0.2, -0.15) is 0 Å². The number of thiocarbonyl (C=S) groups is 1. The second kappa shape index (κ2) is 4.86. The van der Waals surface area contributed by atoms with Crippen molar-refractivity contribution in [1.82, 2.24) is 16.2 Å². The summed E-state index contributed by atoms with van der Waals surface area (Å²) < 4.78 is 4.35.